The third kappa shape index (κ3) is 6.34. The van der Waals surface area contributed by atoms with E-state index in [1.807, 2.05) is 19.1 Å². The molecule has 1 heterocycles. The number of thiophene rings is 1. The lowest BCUT2D eigenvalue weighted by molar-refractivity contribution is 0.0983. The molecule has 0 spiro atoms. The quantitative estimate of drug-likeness (QED) is 0.487. The van der Waals surface area contributed by atoms with Crippen molar-refractivity contribution in [1.29, 1.82) is 0 Å². The van der Waals surface area contributed by atoms with Gasteiger partial charge in [-0.25, -0.2) is 0 Å². The van der Waals surface area contributed by atoms with Crippen LogP contribution in [0.5, 0.6) is 0 Å². The summed E-state index contributed by atoms with van der Waals surface area (Å²) in [5.74, 6) is 0.247. The lowest BCUT2D eigenvalue weighted by Gasteiger charge is -2.20. The standard InChI is InChI=1S/C20H29NO2S/c1-20(21,15-22)14-13-17-11-12-19(24-17)18(23)10-6-5-9-16-7-3-2-4-8-16/h3,7-8,11-12,22H,2,4-6,9-10,13-15,21H2,1H3. The predicted octanol–water partition coefficient (Wildman–Crippen LogP) is 4.41. The van der Waals surface area contributed by atoms with Crippen LogP contribution < -0.4 is 5.73 Å². The Bertz CT molecular complexity index is 599. The zero-order valence-electron chi connectivity index (χ0n) is 14.6. The molecule has 0 radical (unpaired) electrons. The average Bonchev–Trinajstić information content (AvgIpc) is 3.07. The third-order valence-electron chi connectivity index (χ3n) is 4.43. The number of allylic oxidation sites excluding steroid dienone is 4. The largest absolute Gasteiger partial charge is 0.394 e. The van der Waals surface area contributed by atoms with Crippen LogP contribution in [0.1, 0.15) is 66.4 Å². The van der Waals surface area contributed by atoms with Crippen LogP contribution >= 0.6 is 11.3 Å². The molecule has 2 rings (SSSR count). The summed E-state index contributed by atoms with van der Waals surface area (Å²) in [4.78, 5) is 14.3. The summed E-state index contributed by atoms with van der Waals surface area (Å²) < 4.78 is 0. The molecule has 4 heteroatoms. The van der Waals surface area contributed by atoms with Gasteiger partial charge >= 0.3 is 0 Å². The van der Waals surface area contributed by atoms with E-state index in [1.165, 1.54) is 10.5 Å². The van der Waals surface area contributed by atoms with Gasteiger partial charge in [0.05, 0.1) is 11.5 Å². The van der Waals surface area contributed by atoms with E-state index < -0.39 is 5.54 Å². The number of hydrogen-bond acceptors (Lipinski definition) is 4. The normalized spacial score (nSPS) is 16.7. The van der Waals surface area contributed by atoms with Gasteiger partial charge in [-0.3, -0.25) is 4.79 Å². The Morgan fingerprint density at radius 3 is 2.83 bits per heavy atom. The molecule has 3 N–H and O–H groups in total. The maximum Gasteiger partial charge on any atom is 0.172 e. The number of hydrogen-bond donors (Lipinski definition) is 2. The molecule has 0 saturated carbocycles. The van der Waals surface area contributed by atoms with Gasteiger partial charge in [0.2, 0.25) is 0 Å². The molecular formula is C20H29NO2S. The number of unbranched alkanes of at least 4 members (excludes halogenated alkanes) is 1. The van der Waals surface area contributed by atoms with Crippen LogP contribution in [-0.2, 0) is 6.42 Å². The third-order valence-corrected chi connectivity index (χ3v) is 5.62. The molecule has 1 aliphatic carbocycles. The predicted molar refractivity (Wildman–Crippen MR) is 102 cm³/mol. The molecule has 0 saturated heterocycles. The maximum absolute atomic E-state index is 12.3. The van der Waals surface area contributed by atoms with Crippen molar-refractivity contribution in [1.82, 2.24) is 0 Å². The van der Waals surface area contributed by atoms with Gasteiger partial charge < -0.3 is 10.8 Å². The molecule has 0 fully saturated rings. The van der Waals surface area contributed by atoms with Crippen molar-refractivity contribution in [3.8, 4) is 0 Å². The Kier molecular flexibility index (Phi) is 7.40. The van der Waals surface area contributed by atoms with Crippen LogP contribution in [0.3, 0.4) is 0 Å². The number of carbonyl (C=O) groups is 1. The van der Waals surface area contributed by atoms with Crippen molar-refractivity contribution in [2.75, 3.05) is 6.61 Å². The highest BCUT2D eigenvalue weighted by Crippen LogP contribution is 2.23. The van der Waals surface area contributed by atoms with Gasteiger partial charge in [0, 0.05) is 16.8 Å². The van der Waals surface area contributed by atoms with E-state index in [0.29, 0.717) is 6.42 Å². The Hall–Kier alpha value is -1.23. The molecule has 3 nitrogen and oxygen atoms in total. The molecule has 1 unspecified atom stereocenters. The molecule has 1 aliphatic rings. The minimum absolute atomic E-state index is 0.0181. The van der Waals surface area contributed by atoms with E-state index in [0.717, 1.165) is 49.8 Å². The average molecular weight is 348 g/mol. The number of aryl methyl sites for hydroxylation is 1. The number of aliphatic hydroxyl groups excluding tert-OH is 1. The Morgan fingerprint density at radius 2 is 2.12 bits per heavy atom. The van der Waals surface area contributed by atoms with Crippen LogP contribution in [-0.4, -0.2) is 23.0 Å². The highest BCUT2D eigenvalue weighted by atomic mass is 32.1. The highest BCUT2D eigenvalue weighted by molar-refractivity contribution is 7.14. The number of aliphatic hydroxyl groups is 1. The van der Waals surface area contributed by atoms with Gasteiger partial charge in [0.15, 0.2) is 5.78 Å². The molecule has 132 valence electrons. The minimum atomic E-state index is -0.545. The number of ketones is 1. The summed E-state index contributed by atoms with van der Waals surface area (Å²) in [6.45, 7) is 1.83. The smallest absolute Gasteiger partial charge is 0.172 e. The molecule has 1 aromatic heterocycles. The molecule has 0 aromatic carbocycles. The number of nitrogens with two attached hydrogens (primary N) is 1. The first-order valence-electron chi connectivity index (χ1n) is 8.87. The van der Waals surface area contributed by atoms with Gasteiger partial charge in [0.25, 0.3) is 0 Å². The van der Waals surface area contributed by atoms with E-state index in [1.54, 1.807) is 11.3 Å². The van der Waals surface area contributed by atoms with Crippen molar-refractivity contribution in [2.45, 2.75) is 63.8 Å². The second-order valence-electron chi connectivity index (χ2n) is 6.97. The molecule has 1 aromatic rings. The molecule has 0 bridgehead atoms. The van der Waals surface area contributed by atoms with Crippen molar-refractivity contribution in [3.05, 3.63) is 45.7 Å². The SMILES string of the molecule is CC(N)(CO)CCc1ccc(C(=O)CCCCC2=CCCC=C2)s1. The monoisotopic (exact) mass is 347 g/mol. The minimum Gasteiger partial charge on any atom is -0.394 e. The summed E-state index contributed by atoms with van der Waals surface area (Å²) in [5.41, 5.74) is 6.82. The topological polar surface area (TPSA) is 63.3 Å². The lowest BCUT2D eigenvalue weighted by atomic mass is 9.98. The van der Waals surface area contributed by atoms with Crippen LogP contribution in [0.25, 0.3) is 0 Å². The summed E-state index contributed by atoms with van der Waals surface area (Å²) in [6, 6.07) is 3.95. The fraction of sp³-hybridized carbons (Fsp3) is 0.550. The number of rotatable bonds is 10. The Labute approximate surface area is 149 Å². The fourth-order valence-corrected chi connectivity index (χ4v) is 3.72. The lowest BCUT2D eigenvalue weighted by Crippen LogP contribution is -2.40. The van der Waals surface area contributed by atoms with E-state index >= 15 is 0 Å². The second-order valence-corrected chi connectivity index (χ2v) is 8.14. The van der Waals surface area contributed by atoms with Crippen molar-refractivity contribution < 1.29 is 9.90 Å². The Balaban J connectivity index is 1.71. The summed E-state index contributed by atoms with van der Waals surface area (Å²) in [7, 11) is 0. The zero-order valence-corrected chi connectivity index (χ0v) is 15.4. The van der Waals surface area contributed by atoms with E-state index in [9.17, 15) is 9.90 Å². The maximum atomic E-state index is 12.3. The summed E-state index contributed by atoms with van der Waals surface area (Å²) in [6.07, 6.45) is 14.3. The van der Waals surface area contributed by atoms with Crippen LogP contribution in [0.15, 0.2) is 35.9 Å². The molecule has 24 heavy (non-hydrogen) atoms. The Morgan fingerprint density at radius 1 is 1.29 bits per heavy atom. The van der Waals surface area contributed by atoms with Crippen molar-refractivity contribution in [2.24, 2.45) is 5.73 Å². The van der Waals surface area contributed by atoms with E-state index in [4.69, 9.17) is 5.73 Å². The second kappa shape index (κ2) is 9.30. The number of Topliss-reactive ketones (excluding diaryl/α,β-unsaturated/α-hetero) is 1. The van der Waals surface area contributed by atoms with Crippen molar-refractivity contribution >= 4 is 17.1 Å². The zero-order chi connectivity index (χ0) is 17.4. The summed E-state index contributed by atoms with van der Waals surface area (Å²) >= 11 is 1.57. The first-order chi connectivity index (χ1) is 11.5. The molecule has 0 amide bonds. The first-order valence-corrected chi connectivity index (χ1v) is 9.69. The molecular weight excluding hydrogens is 318 g/mol. The van der Waals surface area contributed by atoms with Crippen LogP contribution in [0.4, 0.5) is 0 Å². The molecule has 0 aliphatic heterocycles. The van der Waals surface area contributed by atoms with Gasteiger partial charge in [0.1, 0.15) is 0 Å². The van der Waals surface area contributed by atoms with Crippen LogP contribution in [0, 0.1) is 0 Å². The fourth-order valence-electron chi connectivity index (χ4n) is 2.74. The van der Waals surface area contributed by atoms with Gasteiger partial charge in [-0.1, -0.05) is 23.8 Å². The first kappa shape index (κ1) is 19.1. The van der Waals surface area contributed by atoms with Gasteiger partial charge in [-0.15, -0.1) is 11.3 Å². The highest BCUT2D eigenvalue weighted by Gasteiger charge is 2.17. The van der Waals surface area contributed by atoms with E-state index in [-0.39, 0.29) is 12.4 Å². The number of carbonyl (C=O) groups excluding carboxylic acids is 1. The van der Waals surface area contributed by atoms with Crippen molar-refractivity contribution in [3.63, 3.8) is 0 Å². The van der Waals surface area contributed by atoms with Gasteiger partial charge in [-0.05, 0) is 64.0 Å². The van der Waals surface area contributed by atoms with Gasteiger partial charge in [-0.2, -0.15) is 0 Å². The summed E-state index contributed by atoms with van der Waals surface area (Å²) in [5, 5.41) is 9.20. The van der Waals surface area contributed by atoms with E-state index in [2.05, 4.69) is 18.2 Å². The van der Waals surface area contributed by atoms with Crippen LogP contribution in [0.2, 0.25) is 0 Å². The molecule has 1 atom stereocenters.